The molecule has 2 N–H and O–H groups in total. The molecular formula is C19H24N4O. The van der Waals surface area contributed by atoms with E-state index in [9.17, 15) is 0 Å². The van der Waals surface area contributed by atoms with Crippen molar-refractivity contribution in [2.45, 2.75) is 33.2 Å². The molecule has 0 spiro atoms. The van der Waals surface area contributed by atoms with E-state index in [0.29, 0.717) is 5.92 Å². The van der Waals surface area contributed by atoms with E-state index in [-0.39, 0.29) is 5.54 Å². The predicted molar refractivity (Wildman–Crippen MR) is 96.8 cm³/mol. The van der Waals surface area contributed by atoms with E-state index < -0.39 is 0 Å². The smallest absolute Gasteiger partial charge is 0.192 e. The SMILES string of the molecule is Cc1ccc(C)n1-c1noc2c(N3C[C@H](C)[C@@](C)(N)C3)cccc12. The van der Waals surface area contributed by atoms with Gasteiger partial charge in [-0.2, -0.15) is 0 Å². The van der Waals surface area contributed by atoms with Gasteiger partial charge in [0.15, 0.2) is 11.4 Å². The first-order valence-corrected chi connectivity index (χ1v) is 8.46. The highest BCUT2D eigenvalue weighted by Crippen LogP contribution is 2.36. The van der Waals surface area contributed by atoms with Gasteiger partial charge in [-0.15, -0.1) is 0 Å². The number of anilines is 1. The van der Waals surface area contributed by atoms with Gasteiger partial charge < -0.3 is 15.2 Å². The summed E-state index contributed by atoms with van der Waals surface area (Å²) in [6.07, 6.45) is 0. The van der Waals surface area contributed by atoms with Crippen LogP contribution in [0.15, 0.2) is 34.9 Å². The number of hydrogen-bond donors (Lipinski definition) is 1. The van der Waals surface area contributed by atoms with Crippen molar-refractivity contribution in [1.29, 1.82) is 0 Å². The molecule has 24 heavy (non-hydrogen) atoms. The number of aromatic nitrogens is 2. The van der Waals surface area contributed by atoms with Crippen LogP contribution in [0.5, 0.6) is 0 Å². The lowest BCUT2D eigenvalue weighted by molar-refractivity contribution is 0.404. The third kappa shape index (κ3) is 2.15. The molecule has 126 valence electrons. The molecule has 4 rings (SSSR count). The normalized spacial score (nSPS) is 24.2. The Balaban J connectivity index is 1.84. The molecule has 3 aromatic rings. The highest BCUT2D eigenvalue weighted by Gasteiger charge is 2.38. The van der Waals surface area contributed by atoms with Gasteiger partial charge in [-0.25, -0.2) is 0 Å². The summed E-state index contributed by atoms with van der Waals surface area (Å²) < 4.78 is 7.91. The number of nitrogens with two attached hydrogens (primary N) is 1. The zero-order valence-corrected chi connectivity index (χ0v) is 14.7. The molecular weight excluding hydrogens is 300 g/mol. The van der Waals surface area contributed by atoms with E-state index in [0.717, 1.165) is 47.0 Å². The minimum Gasteiger partial charge on any atom is -0.366 e. The van der Waals surface area contributed by atoms with E-state index in [1.807, 2.05) is 0 Å². The summed E-state index contributed by atoms with van der Waals surface area (Å²) in [5.74, 6) is 1.29. The lowest BCUT2D eigenvalue weighted by atomic mass is 9.92. The van der Waals surface area contributed by atoms with E-state index >= 15 is 0 Å². The van der Waals surface area contributed by atoms with Gasteiger partial charge in [-0.05, 0) is 51.0 Å². The number of para-hydroxylation sites is 1. The van der Waals surface area contributed by atoms with Crippen LogP contribution >= 0.6 is 0 Å². The highest BCUT2D eigenvalue weighted by molar-refractivity contribution is 5.94. The standard InChI is InChI=1S/C19H24N4O/c1-12-10-22(11-19(12,4)20)16-7-5-6-15-17(16)24-21-18(15)23-13(2)8-9-14(23)3/h5-9,12H,10-11,20H2,1-4H3/t12-,19-/m0/s1. The molecule has 0 bridgehead atoms. The molecule has 3 heterocycles. The summed E-state index contributed by atoms with van der Waals surface area (Å²) in [7, 11) is 0. The highest BCUT2D eigenvalue weighted by atomic mass is 16.5. The molecule has 5 heteroatoms. The quantitative estimate of drug-likeness (QED) is 0.785. The number of hydrogen-bond acceptors (Lipinski definition) is 4. The van der Waals surface area contributed by atoms with Gasteiger partial charge in [0.2, 0.25) is 0 Å². The van der Waals surface area contributed by atoms with Gasteiger partial charge in [0.25, 0.3) is 0 Å². The summed E-state index contributed by atoms with van der Waals surface area (Å²) in [5, 5.41) is 5.41. The minimum atomic E-state index is -0.182. The van der Waals surface area contributed by atoms with Crippen LogP contribution in [-0.4, -0.2) is 28.4 Å². The minimum absolute atomic E-state index is 0.182. The van der Waals surface area contributed by atoms with Crippen LogP contribution in [0.3, 0.4) is 0 Å². The van der Waals surface area contributed by atoms with Gasteiger partial charge in [-0.1, -0.05) is 18.1 Å². The Hall–Kier alpha value is -2.27. The van der Waals surface area contributed by atoms with E-state index in [1.54, 1.807) is 0 Å². The topological polar surface area (TPSA) is 60.2 Å². The Kier molecular flexibility index (Phi) is 3.25. The molecule has 0 saturated carbocycles. The maximum atomic E-state index is 6.42. The second-order valence-corrected chi connectivity index (χ2v) is 7.40. The molecule has 0 unspecified atom stereocenters. The van der Waals surface area contributed by atoms with Crippen molar-refractivity contribution < 1.29 is 4.52 Å². The molecule has 1 fully saturated rings. The number of nitrogens with zero attached hydrogens (tertiary/aromatic N) is 3. The van der Waals surface area contributed by atoms with Crippen molar-refractivity contribution in [3.05, 3.63) is 41.7 Å². The monoisotopic (exact) mass is 324 g/mol. The Morgan fingerprint density at radius 2 is 1.92 bits per heavy atom. The first-order valence-electron chi connectivity index (χ1n) is 8.46. The average Bonchev–Trinajstić information content (AvgIpc) is 3.16. The Bertz CT molecular complexity index is 886. The van der Waals surface area contributed by atoms with E-state index in [1.165, 1.54) is 0 Å². The van der Waals surface area contributed by atoms with Crippen molar-refractivity contribution in [3.8, 4) is 5.82 Å². The van der Waals surface area contributed by atoms with Crippen molar-refractivity contribution in [3.63, 3.8) is 0 Å². The lowest BCUT2D eigenvalue weighted by Gasteiger charge is -2.22. The van der Waals surface area contributed by atoms with Gasteiger partial charge >= 0.3 is 0 Å². The lowest BCUT2D eigenvalue weighted by Crippen LogP contribution is -2.43. The predicted octanol–water partition coefficient (Wildman–Crippen LogP) is 3.41. The summed E-state index contributed by atoms with van der Waals surface area (Å²) in [6.45, 7) is 10.3. The molecule has 2 atom stereocenters. The van der Waals surface area contributed by atoms with Crippen LogP contribution in [0, 0.1) is 19.8 Å². The maximum Gasteiger partial charge on any atom is 0.192 e. The number of fused-ring (bicyclic) bond motifs is 1. The van der Waals surface area contributed by atoms with Crippen molar-refractivity contribution in [2.75, 3.05) is 18.0 Å². The molecule has 1 saturated heterocycles. The van der Waals surface area contributed by atoms with E-state index in [2.05, 4.69) is 72.7 Å². The van der Waals surface area contributed by atoms with Gasteiger partial charge in [0.05, 0.1) is 11.1 Å². The van der Waals surface area contributed by atoms with Crippen molar-refractivity contribution in [2.24, 2.45) is 11.7 Å². The zero-order chi connectivity index (χ0) is 17.1. The first kappa shape index (κ1) is 15.3. The number of benzene rings is 1. The molecule has 0 aliphatic carbocycles. The molecule has 1 aromatic carbocycles. The van der Waals surface area contributed by atoms with Crippen LogP contribution in [-0.2, 0) is 0 Å². The fourth-order valence-corrected chi connectivity index (χ4v) is 3.70. The zero-order valence-electron chi connectivity index (χ0n) is 14.7. The first-order chi connectivity index (χ1) is 11.4. The molecule has 2 aromatic heterocycles. The Morgan fingerprint density at radius 3 is 2.54 bits per heavy atom. The van der Waals surface area contributed by atoms with Crippen molar-refractivity contribution >= 4 is 16.7 Å². The fraction of sp³-hybridized carbons (Fsp3) is 0.421. The third-order valence-corrected chi connectivity index (χ3v) is 5.43. The van der Waals surface area contributed by atoms with Crippen LogP contribution in [0.2, 0.25) is 0 Å². The van der Waals surface area contributed by atoms with Gasteiger partial charge in [-0.3, -0.25) is 4.57 Å². The van der Waals surface area contributed by atoms with Gasteiger partial charge in [0.1, 0.15) is 0 Å². The fourth-order valence-electron chi connectivity index (χ4n) is 3.70. The molecule has 1 aliphatic heterocycles. The molecule has 1 aliphatic rings. The summed E-state index contributed by atoms with van der Waals surface area (Å²) in [5.41, 5.74) is 10.5. The van der Waals surface area contributed by atoms with Crippen LogP contribution < -0.4 is 10.6 Å². The van der Waals surface area contributed by atoms with Crippen LogP contribution in [0.1, 0.15) is 25.2 Å². The van der Waals surface area contributed by atoms with E-state index in [4.69, 9.17) is 10.3 Å². The Labute approximate surface area is 142 Å². The largest absolute Gasteiger partial charge is 0.366 e. The van der Waals surface area contributed by atoms with Gasteiger partial charge in [0, 0.05) is 30.0 Å². The molecule has 0 amide bonds. The summed E-state index contributed by atoms with van der Waals surface area (Å²) in [4.78, 5) is 2.32. The second-order valence-electron chi connectivity index (χ2n) is 7.40. The Morgan fingerprint density at radius 1 is 1.21 bits per heavy atom. The third-order valence-electron chi connectivity index (χ3n) is 5.43. The van der Waals surface area contributed by atoms with Crippen LogP contribution in [0.4, 0.5) is 5.69 Å². The van der Waals surface area contributed by atoms with Crippen molar-refractivity contribution in [1.82, 2.24) is 9.72 Å². The van der Waals surface area contributed by atoms with Crippen LogP contribution in [0.25, 0.3) is 16.8 Å². The average molecular weight is 324 g/mol. The maximum absolute atomic E-state index is 6.42. The molecule has 0 radical (unpaired) electrons. The summed E-state index contributed by atoms with van der Waals surface area (Å²) in [6, 6.07) is 10.4. The number of aryl methyl sites for hydroxylation is 2. The number of rotatable bonds is 2. The molecule has 5 nitrogen and oxygen atoms in total. The summed E-state index contributed by atoms with van der Waals surface area (Å²) >= 11 is 0. The second kappa shape index (κ2) is 5.11.